The Labute approximate surface area is 116 Å². The van der Waals surface area contributed by atoms with Crippen LogP contribution >= 0.6 is 0 Å². The van der Waals surface area contributed by atoms with Gasteiger partial charge in [-0.15, -0.1) is 0 Å². The number of rotatable bonds is 4. The van der Waals surface area contributed by atoms with Crippen LogP contribution in [0.25, 0.3) is 10.9 Å². The Kier molecular flexibility index (Phi) is 3.52. The molecule has 0 saturated carbocycles. The number of aliphatic carboxylic acids is 1. The van der Waals surface area contributed by atoms with Crippen molar-refractivity contribution in [2.75, 3.05) is 13.2 Å². The number of para-hydroxylation sites is 1. The molecule has 5 nitrogen and oxygen atoms in total. The highest BCUT2D eigenvalue weighted by Crippen LogP contribution is 2.24. The Morgan fingerprint density at radius 2 is 2.25 bits per heavy atom. The van der Waals surface area contributed by atoms with Gasteiger partial charge in [0.15, 0.2) is 0 Å². The van der Waals surface area contributed by atoms with Crippen molar-refractivity contribution in [1.82, 2.24) is 10.3 Å². The molecule has 2 N–H and O–H groups in total. The SMILES string of the molecule is O=C(O)C1CC(COc2ccnc3ccccc23)CN1. The maximum Gasteiger partial charge on any atom is 0.320 e. The molecule has 3 rings (SSSR count). The highest BCUT2D eigenvalue weighted by atomic mass is 16.5. The van der Waals surface area contributed by atoms with Gasteiger partial charge in [0.2, 0.25) is 0 Å². The number of nitrogens with one attached hydrogen (secondary N) is 1. The number of carboxylic acid groups (broad SMARTS) is 1. The number of hydrogen-bond donors (Lipinski definition) is 2. The third kappa shape index (κ3) is 2.58. The third-order valence-electron chi connectivity index (χ3n) is 3.60. The maximum atomic E-state index is 10.9. The van der Waals surface area contributed by atoms with Crippen LogP contribution in [0.2, 0.25) is 0 Å². The third-order valence-corrected chi connectivity index (χ3v) is 3.60. The number of fused-ring (bicyclic) bond motifs is 1. The molecule has 0 aliphatic carbocycles. The number of nitrogens with zero attached hydrogens (tertiary/aromatic N) is 1. The average Bonchev–Trinajstić information content (AvgIpc) is 2.94. The topological polar surface area (TPSA) is 71.5 Å². The largest absolute Gasteiger partial charge is 0.492 e. The van der Waals surface area contributed by atoms with E-state index in [1.807, 2.05) is 30.3 Å². The molecule has 1 aromatic heterocycles. The second-order valence-corrected chi connectivity index (χ2v) is 5.04. The van der Waals surface area contributed by atoms with E-state index >= 15 is 0 Å². The van der Waals surface area contributed by atoms with E-state index in [4.69, 9.17) is 9.84 Å². The lowest BCUT2D eigenvalue weighted by Gasteiger charge is -2.12. The van der Waals surface area contributed by atoms with Crippen molar-refractivity contribution in [3.63, 3.8) is 0 Å². The van der Waals surface area contributed by atoms with Crippen LogP contribution in [0.4, 0.5) is 0 Å². The van der Waals surface area contributed by atoms with Crippen molar-refractivity contribution < 1.29 is 14.6 Å². The lowest BCUT2D eigenvalue weighted by molar-refractivity contribution is -0.139. The zero-order valence-corrected chi connectivity index (χ0v) is 11.0. The lowest BCUT2D eigenvalue weighted by atomic mass is 10.1. The Morgan fingerprint density at radius 3 is 3.05 bits per heavy atom. The molecule has 2 unspecified atom stereocenters. The van der Waals surface area contributed by atoms with Gasteiger partial charge in [0.25, 0.3) is 0 Å². The van der Waals surface area contributed by atoms with Crippen molar-refractivity contribution in [3.05, 3.63) is 36.5 Å². The minimum Gasteiger partial charge on any atom is -0.492 e. The van der Waals surface area contributed by atoms with Crippen LogP contribution in [0.1, 0.15) is 6.42 Å². The van der Waals surface area contributed by atoms with Crippen molar-refractivity contribution in [3.8, 4) is 5.75 Å². The van der Waals surface area contributed by atoms with Crippen LogP contribution in [0.5, 0.6) is 5.75 Å². The van der Waals surface area contributed by atoms with E-state index in [1.54, 1.807) is 6.20 Å². The van der Waals surface area contributed by atoms with Crippen molar-refractivity contribution >= 4 is 16.9 Å². The Hall–Kier alpha value is -2.14. The van der Waals surface area contributed by atoms with Crippen LogP contribution in [0, 0.1) is 5.92 Å². The summed E-state index contributed by atoms with van der Waals surface area (Å²) in [5.41, 5.74) is 0.901. The van der Waals surface area contributed by atoms with Gasteiger partial charge >= 0.3 is 5.97 Å². The van der Waals surface area contributed by atoms with Gasteiger partial charge in [0.05, 0.1) is 12.1 Å². The molecule has 1 fully saturated rings. The second-order valence-electron chi connectivity index (χ2n) is 5.04. The first-order chi connectivity index (χ1) is 9.74. The fourth-order valence-corrected chi connectivity index (χ4v) is 2.53. The van der Waals surface area contributed by atoms with Gasteiger partial charge in [0.1, 0.15) is 11.8 Å². The predicted molar refractivity (Wildman–Crippen MR) is 74.8 cm³/mol. The lowest BCUT2D eigenvalue weighted by Crippen LogP contribution is -2.29. The van der Waals surface area contributed by atoms with E-state index in [2.05, 4.69) is 10.3 Å². The molecule has 0 spiro atoms. The number of aromatic nitrogens is 1. The number of benzene rings is 1. The Morgan fingerprint density at radius 1 is 1.40 bits per heavy atom. The number of carbonyl (C=O) groups is 1. The first kappa shape index (κ1) is 12.9. The van der Waals surface area contributed by atoms with E-state index in [9.17, 15) is 4.79 Å². The summed E-state index contributed by atoms with van der Waals surface area (Å²) in [6.07, 6.45) is 2.34. The standard InChI is InChI=1S/C15H16N2O3/c18-15(19)13-7-10(8-17-13)9-20-14-5-6-16-12-4-2-1-3-11(12)14/h1-6,10,13,17H,7-9H2,(H,18,19). The minimum atomic E-state index is -0.790. The van der Waals surface area contributed by atoms with E-state index in [-0.39, 0.29) is 5.92 Å². The van der Waals surface area contributed by atoms with Crippen LogP contribution in [0.15, 0.2) is 36.5 Å². The summed E-state index contributed by atoms with van der Waals surface area (Å²) in [7, 11) is 0. The van der Waals surface area contributed by atoms with Crippen molar-refractivity contribution in [1.29, 1.82) is 0 Å². The molecule has 0 amide bonds. The molecule has 2 heterocycles. The summed E-state index contributed by atoms with van der Waals surface area (Å²) >= 11 is 0. The summed E-state index contributed by atoms with van der Waals surface area (Å²) < 4.78 is 5.86. The fourth-order valence-electron chi connectivity index (χ4n) is 2.53. The van der Waals surface area contributed by atoms with Crippen molar-refractivity contribution in [2.45, 2.75) is 12.5 Å². The number of pyridine rings is 1. The van der Waals surface area contributed by atoms with Crippen LogP contribution in [-0.2, 0) is 4.79 Å². The van der Waals surface area contributed by atoms with E-state index in [0.717, 1.165) is 16.7 Å². The Bertz CT molecular complexity index is 624. The number of ether oxygens (including phenoxy) is 1. The normalized spacial score (nSPS) is 22.0. The number of carboxylic acids is 1. The average molecular weight is 272 g/mol. The second kappa shape index (κ2) is 5.46. The highest BCUT2D eigenvalue weighted by Gasteiger charge is 2.29. The van der Waals surface area contributed by atoms with E-state index in [0.29, 0.717) is 19.6 Å². The minimum absolute atomic E-state index is 0.225. The molecule has 1 aromatic carbocycles. The smallest absolute Gasteiger partial charge is 0.320 e. The van der Waals surface area contributed by atoms with Gasteiger partial charge in [-0.25, -0.2) is 0 Å². The summed E-state index contributed by atoms with van der Waals surface area (Å²) in [4.78, 5) is 15.2. The first-order valence-electron chi connectivity index (χ1n) is 6.67. The summed E-state index contributed by atoms with van der Waals surface area (Å²) in [5.74, 6) is 0.235. The molecule has 20 heavy (non-hydrogen) atoms. The van der Waals surface area contributed by atoms with Gasteiger partial charge < -0.3 is 15.2 Å². The fraction of sp³-hybridized carbons (Fsp3) is 0.333. The van der Waals surface area contributed by atoms with Gasteiger partial charge in [-0.05, 0) is 24.6 Å². The molecule has 1 aliphatic rings. The monoisotopic (exact) mass is 272 g/mol. The molecule has 1 aliphatic heterocycles. The highest BCUT2D eigenvalue weighted by molar-refractivity contribution is 5.84. The molecule has 0 radical (unpaired) electrons. The summed E-state index contributed by atoms with van der Waals surface area (Å²) in [5, 5.41) is 12.9. The van der Waals surface area contributed by atoms with Crippen LogP contribution in [0.3, 0.4) is 0 Å². The van der Waals surface area contributed by atoms with Gasteiger partial charge in [-0.3, -0.25) is 9.78 Å². The molecule has 1 saturated heterocycles. The summed E-state index contributed by atoms with van der Waals surface area (Å²) in [6, 6.07) is 9.22. The first-order valence-corrected chi connectivity index (χ1v) is 6.67. The maximum absolute atomic E-state index is 10.9. The van der Waals surface area contributed by atoms with Gasteiger partial charge in [-0.2, -0.15) is 0 Å². The zero-order valence-electron chi connectivity index (χ0n) is 11.0. The predicted octanol–water partition coefficient (Wildman–Crippen LogP) is 1.68. The molecule has 2 atom stereocenters. The zero-order chi connectivity index (χ0) is 13.9. The quantitative estimate of drug-likeness (QED) is 0.886. The van der Waals surface area contributed by atoms with Crippen LogP contribution in [-0.4, -0.2) is 35.3 Å². The molecule has 5 heteroatoms. The van der Waals surface area contributed by atoms with Gasteiger partial charge in [-0.1, -0.05) is 12.1 Å². The Balaban J connectivity index is 1.67. The van der Waals surface area contributed by atoms with Crippen molar-refractivity contribution in [2.24, 2.45) is 5.92 Å². The number of hydrogen-bond acceptors (Lipinski definition) is 4. The molecule has 104 valence electrons. The van der Waals surface area contributed by atoms with Crippen LogP contribution < -0.4 is 10.1 Å². The molecular formula is C15H16N2O3. The molecule has 0 bridgehead atoms. The van der Waals surface area contributed by atoms with Gasteiger partial charge in [0, 0.05) is 24.0 Å². The molecule has 2 aromatic rings. The summed E-state index contributed by atoms with van der Waals surface area (Å²) in [6.45, 7) is 1.20. The van der Waals surface area contributed by atoms with E-state index in [1.165, 1.54) is 0 Å². The van der Waals surface area contributed by atoms with E-state index < -0.39 is 12.0 Å². The molecular weight excluding hydrogens is 256 g/mol.